The number of methoxy groups -OCH3 is 3. The summed E-state index contributed by atoms with van der Waals surface area (Å²) >= 11 is 0. The lowest BCUT2D eigenvalue weighted by atomic mass is 9.84. The Labute approximate surface area is 210 Å². The topological polar surface area (TPSA) is 77.5 Å². The number of carbonyl (C=O) groups excluding carboxylic acids is 2. The Kier molecular flexibility index (Phi) is 5.85. The molecule has 3 aromatic carbocycles. The van der Waals surface area contributed by atoms with Crippen molar-refractivity contribution in [3.8, 4) is 17.2 Å². The molecule has 0 aliphatic carbocycles. The van der Waals surface area contributed by atoms with Crippen molar-refractivity contribution < 1.29 is 28.5 Å². The van der Waals surface area contributed by atoms with E-state index in [0.717, 1.165) is 38.4 Å². The number of fused-ring (bicyclic) bond motifs is 7. The standard InChI is InChI=1S/C28H32N2O6/c1-28(2,3)36-27(32)29-13-16-9-19-21-11-24(34-5)25(35-6)12-22(21)20-10-17(33-4)7-8-18(20)23(19)14-30(16)26(31)15-29/h7-8,10-12,16H,9,13-15H2,1-6H3/t16-/m1/s1. The summed E-state index contributed by atoms with van der Waals surface area (Å²) in [5, 5.41) is 4.18. The summed E-state index contributed by atoms with van der Waals surface area (Å²) in [6, 6.07) is 9.91. The predicted molar refractivity (Wildman–Crippen MR) is 137 cm³/mol. The van der Waals surface area contributed by atoms with Crippen LogP contribution in [0.3, 0.4) is 0 Å². The van der Waals surface area contributed by atoms with E-state index < -0.39 is 11.7 Å². The van der Waals surface area contributed by atoms with Crippen LogP contribution in [0.2, 0.25) is 0 Å². The lowest BCUT2D eigenvalue weighted by Crippen LogP contribution is -2.60. The van der Waals surface area contributed by atoms with E-state index in [1.165, 1.54) is 4.90 Å². The average Bonchev–Trinajstić information content (AvgIpc) is 2.85. The quantitative estimate of drug-likeness (QED) is 0.500. The summed E-state index contributed by atoms with van der Waals surface area (Å²) < 4.78 is 22.3. The minimum absolute atomic E-state index is 0.0190. The molecule has 0 radical (unpaired) electrons. The Morgan fingerprint density at radius 3 is 2.17 bits per heavy atom. The van der Waals surface area contributed by atoms with Gasteiger partial charge in [0, 0.05) is 13.1 Å². The lowest BCUT2D eigenvalue weighted by molar-refractivity contribution is -0.140. The number of amides is 2. The number of hydrogen-bond acceptors (Lipinski definition) is 6. The molecule has 0 spiro atoms. The fourth-order valence-corrected chi connectivity index (χ4v) is 5.37. The van der Waals surface area contributed by atoms with Crippen molar-refractivity contribution in [2.75, 3.05) is 34.4 Å². The SMILES string of the molecule is COc1ccc2c3c(c4cc(OC)c(OC)cc4c2c1)C[C@@H]1CN(C(=O)OC(C)(C)C)CC(=O)N1C3. The summed E-state index contributed by atoms with van der Waals surface area (Å²) in [5.41, 5.74) is 1.65. The van der Waals surface area contributed by atoms with Crippen molar-refractivity contribution >= 4 is 33.5 Å². The monoisotopic (exact) mass is 492 g/mol. The van der Waals surface area contributed by atoms with Crippen molar-refractivity contribution in [3.05, 3.63) is 41.5 Å². The summed E-state index contributed by atoms with van der Waals surface area (Å²) in [5.74, 6) is 1.98. The molecule has 8 heteroatoms. The molecule has 1 saturated heterocycles. The first kappa shape index (κ1) is 24.0. The first-order chi connectivity index (χ1) is 17.1. The van der Waals surface area contributed by atoms with Crippen LogP contribution in [0.1, 0.15) is 31.9 Å². The van der Waals surface area contributed by atoms with Gasteiger partial charge in [0.1, 0.15) is 17.9 Å². The fourth-order valence-electron chi connectivity index (χ4n) is 5.37. The van der Waals surface area contributed by atoms with E-state index in [1.807, 2.05) is 49.9 Å². The summed E-state index contributed by atoms with van der Waals surface area (Å²) in [6.07, 6.45) is 0.164. The number of piperazine rings is 1. The lowest BCUT2D eigenvalue weighted by Gasteiger charge is -2.44. The van der Waals surface area contributed by atoms with E-state index in [1.54, 1.807) is 21.3 Å². The van der Waals surface area contributed by atoms with Crippen LogP contribution in [-0.4, -0.2) is 67.9 Å². The van der Waals surface area contributed by atoms with Crippen LogP contribution in [0, 0.1) is 0 Å². The zero-order valence-corrected chi connectivity index (χ0v) is 21.6. The van der Waals surface area contributed by atoms with Crippen LogP contribution >= 0.6 is 0 Å². The maximum Gasteiger partial charge on any atom is 0.410 e. The fraction of sp³-hybridized carbons (Fsp3) is 0.429. The molecule has 0 bridgehead atoms. The Balaban J connectivity index is 1.65. The van der Waals surface area contributed by atoms with Gasteiger partial charge in [-0.15, -0.1) is 0 Å². The largest absolute Gasteiger partial charge is 0.497 e. The highest BCUT2D eigenvalue weighted by molar-refractivity contribution is 6.12. The second-order valence-electron chi connectivity index (χ2n) is 10.4. The van der Waals surface area contributed by atoms with Crippen molar-refractivity contribution in [3.63, 3.8) is 0 Å². The van der Waals surface area contributed by atoms with Crippen LogP contribution in [-0.2, 0) is 22.5 Å². The predicted octanol–water partition coefficient (Wildman–Crippen LogP) is 4.52. The van der Waals surface area contributed by atoms with Crippen molar-refractivity contribution in [2.24, 2.45) is 0 Å². The van der Waals surface area contributed by atoms with E-state index in [9.17, 15) is 9.59 Å². The highest BCUT2D eigenvalue weighted by Crippen LogP contribution is 2.43. The Morgan fingerprint density at radius 2 is 1.53 bits per heavy atom. The van der Waals surface area contributed by atoms with Crippen molar-refractivity contribution in [1.82, 2.24) is 9.80 Å². The molecule has 190 valence electrons. The first-order valence-electron chi connectivity index (χ1n) is 12.1. The summed E-state index contributed by atoms with van der Waals surface area (Å²) in [4.78, 5) is 29.4. The van der Waals surface area contributed by atoms with Gasteiger partial charge in [0.15, 0.2) is 11.5 Å². The third kappa shape index (κ3) is 4.04. The van der Waals surface area contributed by atoms with E-state index in [4.69, 9.17) is 18.9 Å². The van der Waals surface area contributed by atoms with Gasteiger partial charge in [-0.05, 0) is 84.1 Å². The molecule has 0 unspecified atom stereocenters. The Hall–Kier alpha value is -3.68. The Morgan fingerprint density at radius 1 is 0.861 bits per heavy atom. The zero-order valence-electron chi connectivity index (χ0n) is 21.6. The van der Waals surface area contributed by atoms with E-state index >= 15 is 0 Å². The maximum atomic E-state index is 13.2. The van der Waals surface area contributed by atoms with Gasteiger partial charge in [0.25, 0.3) is 0 Å². The van der Waals surface area contributed by atoms with Crippen LogP contribution in [0.25, 0.3) is 21.5 Å². The number of carbonyl (C=O) groups is 2. The minimum Gasteiger partial charge on any atom is -0.497 e. The third-order valence-electron chi connectivity index (χ3n) is 6.99. The van der Waals surface area contributed by atoms with Crippen LogP contribution in [0.4, 0.5) is 4.79 Å². The van der Waals surface area contributed by atoms with Gasteiger partial charge in [0.2, 0.25) is 5.91 Å². The van der Waals surface area contributed by atoms with Gasteiger partial charge in [-0.2, -0.15) is 0 Å². The third-order valence-corrected chi connectivity index (χ3v) is 6.99. The number of hydrogen-bond donors (Lipinski definition) is 0. The molecule has 2 heterocycles. The highest BCUT2D eigenvalue weighted by Gasteiger charge is 2.40. The van der Waals surface area contributed by atoms with Gasteiger partial charge in [-0.1, -0.05) is 6.07 Å². The molecule has 1 atom stereocenters. The molecule has 8 nitrogen and oxygen atoms in total. The van der Waals surface area contributed by atoms with Gasteiger partial charge < -0.3 is 23.8 Å². The molecule has 1 fully saturated rings. The van der Waals surface area contributed by atoms with Gasteiger partial charge in [-0.25, -0.2) is 4.79 Å². The number of benzene rings is 3. The molecule has 2 aliphatic heterocycles. The molecule has 36 heavy (non-hydrogen) atoms. The van der Waals surface area contributed by atoms with Crippen LogP contribution in [0.15, 0.2) is 30.3 Å². The summed E-state index contributed by atoms with van der Waals surface area (Å²) in [7, 11) is 4.90. The number of rotatable bonds is 3. The molecule has 0 saturated carbocycles. The van der Waals surface area contributed by atoms with Crippen molar-refractivity contribution in [2.45, 2.75) is 45.4 Å². The average molecular weight is 493 g/mol. The van der Waals surface area contributed by atoms with Gasteiger partial charge >= 0.3 is 6.09 Å². The van der Waals surface area contributed by atoms with E-state index in [0.29, 0.717) is 31.0 Å². The van der Waals surface area contributed by atoms with Crippen molar-refractivity contribution in [1.29, 1.82) is 0 Å². The number of ether oxygens (including phenoxy) is 4. The van der Waals surface area contributed by atoms with Gasteiger partial charge in [0.05, 0.1) is 27.4 Å². The maximum absolute atomic E-state index is 13.2. The number of nitrogens with zero attached hydrogens (tertiary/aromatic N) is 2. The summed E-state index contributed by atoms with van der Waals surface area (Å²) in [6.45, 7) is 6.41. The molecule has 2 amide bonds. The molecule has 2 aliphatic rings. The molecule has 0 aromatic heterocycles. The molecule has 5 rings (SSSR count). The highest BCUT2D eigenvalue weighted by atomic mass is 16.6. The van der Waals surface area contributed by atoms with Crippen LogP contribution in [0.5, 0.6) is 17.2 Å². The second kappa shape index (κ2) is 8.76. The molecular weight excluding hydrogens is 460 g/mol. The van der Waals surface area contributed by atoms with Gasteiger partial charge in [-0.3, -0.25) is 9.69 Å². The molecule has 3 aromatic rings. The van der Waals surface area contributed by atoms with E-state index in [2.05, 4.69) is 6.07 Å². The van der Waals surface area contributed by atoms with Crippen LogP contribution < -0.4 is 14.2 Å². The molecular formula is C28H32N2O6. The second-order valence-corrected chi connectivity index (χ2v) is 10.4. The minimum atomic E-state index is -0.623. The Bertz CT molecular complexity index is 1380. The normalized spacial score (nSPS) is 17.6. The molecule has 0 N–H and O–H groups in total. The first-order valence-corrected chi connectivity index (χ1v) is 12.1. The smallest absolute Gasteiger partial charge is 0.410 e. The van der Waals surface area contributed by atoms with E-state index in [-0.39, 0.29) is 18.5 Å². The zero-order chi connectivity index (χ0) is 25.8.